The lowest BCUT2D eigenvalue weighted by Crippen LogP contribution is -2.37. The summed E-state index contributed by atoms with van der Waals surface area (Å²) in [6.45, 7) is 0. The van der Waals surface area contributed by atoms with Gasteiger partial charge in [0, 0.05) is 11.1 Å². The highest BCUT2D eigenvalue weighted by molar-refractivity contribution is 6.30. The Balaban J connectivity index is 1.95. The average molecular weight is 277 g/mol. The molecule has 19 heavy (non-hydrogen) atoms. The fourth-order valence-electron chi connectivity index (χ4n) is 2.47. The second kappa shape index (κ2) is 6.58. The summed E-state index contributed by atoms with van der Waals surface area (Å²) in [5.41, 5.74) is 0.917. The fraction of sp³-hybridized carbons (Fsp3) is 0.467. The lowest BCUT2D eigenvalue weighted by atomic mass is 9.99. The van der Waals surface area contributed by atoms with Gasteiger partial charge in [0.05, 0.1) is 6.07 Å². The van der Waals surface area contributed by atoms with Gasteiger partial charge in [0.25, 0.3) is 0 Å². The van der Waals surface area contributed by atoms with E-state index in [1.54, 1.807) is 12.1 Å². The van der Waals surface area contributed by atoms with Gasteiger partial charge in [0.2, 0.25) is 5.91 Å². The van der Waals surface area contributed by atoms with Crippen LogP contribution in [0.2, 0.25) is 5.02 Å². The van der Waals surface area contributed by atoms with Crippen molar-refractivity contribution in [3.05, 3.63) is 34.9 Å². The molecule has 1 aliphatic rings. The predicted octanol–water partition coefficient (Wildman–Crippen LogP) is 3.08. The Bertz CT molecular complexity index is 489. The molecule has 0 radical (unpaired) electrons. The average Bonchev–Trinajstić information content (AvgIpc) is 2.88. The summed E-state index contributed by atoms with van der Waals surface area (Å²) in [5.74, 6) is -0.798. The van der Waals surface area contributed by atoms with Crippen LogP contribution in [0.3, 0.4) is 0 Å². The zero-order chi connectivity index (χ0) is 13.7. The Morgan fingerprint density at radius 3 is 2.84 bits per heavy atom. The van der Waals surface area contributed by atoms with Crippen molar-refractivity contribution in [1.29, 1.82) is 5.26 Å². The number of nitrogens with one attached hydrogen (secondary N) is 1. The van der Waals surface area contributed by atoms with Gasteiger partial charge in [-0.05, 0) is 37.0 Å². The Morgan fingerprint density at radius 2 is 2.21 bits per heavy atom. The van der Waals surface area contributed by atoms with Crippen molar-refractivity contribution in [2.45, 2.75) is 38.1 Å². The number of rotatable bonds is 4. The van der Waals surface area contributed by atoms with Crippen LogP contribution in [0.25, 0.3) is 0 Å². The van der Waals surface area contributed by atoms with E-state index in [0.29, 0.717) is 11.4 Å². The molecule has 1 fully saturated rings. The minimum atomic E-state index is -0.640. The van der Waals surface area contributed by atoms with Crippen molar-refractivity contribution in [1.82, 2.24) is 5.32 Å². The number of carbonyl (C=O) groups is 1. The van der Waals surface area contributed by atoms with E-state index in [4.69, 9.17) is 16.9 Å². The summed E-state index contributed by atoms with van der Waals surface area (Å²) in [6.07, 6.45) is 4.80. The van der Waals surface area contributed by atoms with Gasteiger partial charge in [-0.2, -0.15) is 5.26 Å². The molecule has 0 aromatic heterocycles. The lowest BCUT2D eigenvalue weighted by molar-refractivity contribution is -0.124. The number of benzene rings is 1. The lowest BCUT2D eigenvalue weighted by Gasteiger charge is -2.15. The van der Waals surface area contributed by atoms with E-state index in [2.05, 4.69) is 11.4 Å². The highest BCUT2D eigenvalue weighted by atomic mass is 35.5. The number of nitrogens with zero attached hydrogens (tertiary/aromatic N) is 1. The quantitative estimate of drug-likeness (QED) is 0.919. The van der Waals surface area contributed by atoms with Crippen molar-refractivity contribution in [2.24, 2.45) is 5.92 Å². The van der Waals surface area contributed by atoms with Gasteiger partial charge < -0.3 is 5.32 Å². The predicted molar refractivity (Wildman–Crippen MR) is 74.7 cm³/mol. The number of hydrogen-bond acceptors (Lipinski definition) is 2. The molecule has 0 heterocycles. The Morgan fingerprint density at radius 1 is 1.47 bits per heavy atom. The first-order chi connectivity index (χ1) is 9.19. The van der Waals surface area contributed by atoms with Crippen molar-refractivity contribution >= 4 is 17.5 Å². The molecule has 1 amide bonds. The van der Waals surface area contributed by atoms with Gasteiger partial charge in [-0.15, -0.1) is 0 Å². The molecule has 0 spiro atoms. The van der Waals surface area contributed by atoms with Crippen LogP contribution in [0.1, 0.15) is 31.2 Å². The maximum absolute atomic E-state index is 12.1. The van der Waals surface area contributed by atoms with Crippen molar-refractivity contribution in [2.75, 3.05) is 0 Å². The fourth-order valence-corrected chi connectivity index (χ4v) is 2.68. The Kier molecular flexibility index (Phi) is 4.81. The van der Waals surface area contributed by atoms with Crippen LogP contribution < -0.4 is 5.32 Å². The number of halogens is 1. The van der Waals surface area contributed by atoms with Crippen LogP contribution in [0.4, 0.5) is 0 Å². The van der Waals surface area contributed by atoms with Crippen LogP contribution in [0.15, 0.2) is 24.3 Å². The van der Waals surface area contributed by atoms with E-state index in [1.807, 2.05) is 12.1 Å². The molecule has 2 rings (SSSR count). The van der Waals surface area contributed by atoms with E-state index in [-0.39, 0.29) is 11.9 Å². The van der Waals surface area contributed by atoms with E-state index >= 15 is 0 Å². The van der Waals surface area contributed by atoms with Crippen LogP contribution in [-0.2, 0) is 11.2 Å². The molecule has 1 saturated carbocycles. The van der Waals surface area contributed by atoms with Gasteiger partial charge in [0.15, 0.2) is 0 Å². The third-order valence-corrected chi connectivity index (χ3v) is 3.74. The summed E-state index contributed by atoms with van der Waals surface area (Å²) >= 11 is 5.91. The molecule has 1 atom stereocenters. The molecule has 0 aliphatic heterocycles. The molecule has 1 unspecified atom stereocenters. The van der Waals surface area contributed by atoms with Crippen molar-refractivity contribution in [3.8, 4) is 6.07 Å². The maximum atomic E-state index is 12.1. The summed E-state index contributed by atoms with van der Waals surface area (Å²) < 4.78 is 0. The first-order valence-corrected chi connectivity index (χ1v) is 7.01. The first kappa shape index (κ1) is 13.9. The number of hydrogen-bond donors (Lipinski definition) is 1. The normalized spacial score (nSPS) is 16.8. The molecule has 1 N–H and O–H groups in total. The second-order valence-electron chi connectivity index (χ2n) is 5.01. The molecule has 1 aromatic carbocycles. The van der Waals surface area contributed by atoms with Crippen LogP contribution >= 0.6 is 11.6 Å². The van der Waals surface area contributed by atoms with E-state index in [1.165, 1.54) is 0 Å². The van der Waals surface area contributed by atoms with E-state index < -0.39 is 5.92 Å². The second-order valence-corrected chi connectivity index (χ2v) is 5.44. The topological polar surface area (TPSA) is 52.9 Å². The minimum Gasteiger partial charge on any atom is -0.352 e. The minimum absolute atomic E-state index is 0.158. The van der Waals surface area contributed by atoms with Gasteiger partial charge in [0.1, 0.15) is 5.92 Å². The Hall–Kier alpha value is -1.53. The summed E-state index contributed by atoms with van der Waals surface area (Å²) in [5, 5.41) is 12.8. The van der Waals surface area contributed by atoms with Crippen LogP contribution in [0, 0.1) is 17.2 Å². The van der Waals surface area contributed by atoms with Crippen LogP contribution in [-0.4, -0.2) is 11.9 Å². The van der Waals surface area contributed by atoms with Gasteiger partial charge in [-0.1, -0.05) is 36.6 Å². The standard InChI is InChI=1S/C15H17ClN2O/c16-13-5-3-4-11(9-13)8-12(10-17)15(19)18-14-6-1-2-7-14/h3-5,9,12,14H,1-2,6-8H2,(H,18,19). The third kappa shape index (κ3) is 3.97. The molecular formula is C15H17ClN2O. The van der Waals surface area contributed by atoms with Gasteiger partial charge in [-0.25, -0.2) is 0 Å². The molecule has 1 aromatic rings. The highest BCUT2D eigenvalue weighted by Crippen LogP contribution is 2.19. The summed E-state index contributed by atoms with van der Waals surface area (Å²) in [7, 11) is 0. The van der Waals surface area contributed by atoms with Crippen molar-refractivity contribution < 1.29 is 4.79 Å². The van der Waals surface area contributed by atoms with E-state index in [9.17, 15) is 4.79 Å². The molecule has 3 nitrogen and oxygen atoms in total. The monoisotopic (exact) mass is 276 g/mol. The van der Waals surface area contributed by atoms with Crippen molar-refractivity contribution in [3.63, 3.8) is 0 Å². The number of nitriles is 1. The molecule has 0 saturated heterocycles. The Labute approximate surface area is 118 Å². The summed E-state index contributed by atoms with van der Waals surface area (Å²) in [4.78, 5) is 12.1. The molecule has 0 bridgehead atoms. The highest BCUT2D eigenvalue weighted by Gasteiger charge is 2.23. The smallest absolute Gasteiger partial charge is 0.237 e. The number of carbonyl (C=O) groups excluding carboxylic acids is 1. The molecule has 100 valence electrons. The molecule has 4 heteroatoms. The summed E-state index contributed by atoms with van der Waals surface area (Å²) in [6, 6.07) is 9.65. The zero-order valence-electron chi connectivity index (χ0n) is 10.7. The third-order valence-electron chi connectivity index (χ3n) is 3.50. The SMILES string of the molecule is N#CC(Cc1cccc(Cl)c1)C(=O)NC1CCCC1. The first-order valence-electron chi connectivity index (χ1n) is 6.63. The number of amides is 1. The largest absolute Gasteiger partial charge is 0.352 e. The van der Waals surface area contributed by atoms with Gasteiger partial charge in [-0.3, -0.25) is 4.79 Å². The van der Waals surface area contributed by atoms with Crippen LogP contribution in [0.5, 0.6) is 0 Å². The van der Waals surface area contributed by atoms with E-state index in [0.717, 1.165) is 31.2 Å². The molecular weight excluding hydrogens is 260 g/mol. The molecule has 1 aliphatic carbocycles. The maximum Gasteiger partial charge on any atom is 0.237 e. The van der Waals surface area contributed by atoms with Gasteiger partial charge >= 0.3 is 0 Å². The zero-order valence-corrected chi connectivity index (χ0v) is 11.5.